The van der Waals surface area contributed by atoms with Gasteiger partial charge in [-0.2, -0.15) is 5.10 Å². The predicted octanol–water partition coefficient (Wildman–Crippen LogP) is 2.81. The van der Waals surface area contributed by atoms with Gasteiger partial charge in [-0.1, -0.05) is 29.8 Å². The van der Waals surface area contributed by atoms with Crippen molar-refractivity contribution in [3.63, 3.8) is 0 Å². The maximum Gasteiger partial charge on any atom is 0.0928 e. The molecular weight excluding hydrogens is 274 g/mol. The van der Waals surface area contributed by atoms with Gasteiger partial charge in [-0.05, 0) is 26.0 Å². The van der Waals surface area contributed by atoms with Crippen LogP contribution in [-0.4, -0.2) is 27.5 Å². The minimum absolute atomic E-state index is 0.187. The smallest absolute Gasteiger partial charge is 0.0928 e. The van der Waals surface area contributed by atoms with Crippen molar-refractivity contribution in [3.8, 4) is 0 Å². The molecule has 0 fully saturated rings. The van der Waals surface area contributed by atoms with E-state index in [0.717, 1.165) is 5.56 Å². The van der Waals surface area contributed by atoms with Crippen LogP contribution in [0.2, 0.25) is 5.02 Å². The summed E-state index contributed by atoms with van der Waals surface area (Å²) in [5.41, 5.74) is 0.751. The van der Waals surface area contributed by atoms with E-state index >= 15 is 0 Å². The van der Waals surface area contributed by atoms with Crippen LogP contribution in [0.3, 0.4) is 0 Å². The van der Waals surface area contributed by atoms with Gasteiger partial charge >= 0.3 is 0 Å². The normalized spacial score (nSPS) is 15.8. The lowest BCUT2D eigenvalue weighted by Gasteiger charge is -2.23. The maximum atomic E-state index is 10.2. The zero-order chi connectivity index (χ0) is 14.5. The van der Waals surface area contributed by atoms with E-state index in [4.69, 9.17) is 11.6 Å². The number of hydrogen-bond donors (Lipinski definition) is 2. The third kappa shape index (κ3) is 3.60. The molecule has 3 unspecified atom stereocenters. The van der Waals surface area contributed by atoms with Crippen LogP contribution in [0, 0.1) is 0 Å². The molecule has 2 N–H and O–H groups in total. The number of nitrogens with zero attached hydrogens (tertiary/aromatic N) is 2. The van der Waals surface area contributed by atoms with Crippen molar-refractivity contribution in [2.45, 2.75) is 32.0 Å². The molecule has 20 heavy (non-hydrogen) atoms. The Morgan fingerprint density at radius 1 is 1.30 bits per heavy atom. The van der Waals surface area contributed by atoms with Crippen LogP contribution in [0.5, 0.6) is 0 Å². The van der Waals surface area contributed by atoms with E-state index in [9.17, 15) is 5.11 Å². The standard InChI is InChI=1S/C15H20ClN3O/c1-11(12(2)19-9-5-8-18-19)17-10-15(20)13-6-3-4-7-14(13)16/h3-9,11-12,15,17,20H,10H2,1-2H3. The predicted molar refractivity (Wildman–Crippen MR) is 80.8 cm³/mol. The van der Waals surface area contributed by atoms with E-state index in [1.54, 1.807) is 12.3 Å². The fourth-order valence-electron chi connectivity index (χ4n) is 2.07. The largest absolute Gasteiger partial charge is 0.387 e. The topological polar surface area (TPSA) is 50.1 Å². The molecule has 1 aromatic carbocycles. The number of benzene rings is 1. The Kier molecular flexibility index (Phi) is 5.17. The van der Waals surface area contributed by atoms with E-state index in [-0.39, 0.29) is 12.1 Å². The van der Waals surface area contributed by atoms with Gasteiger partial charge in [0.15, 0.2) is 0 Å². The SMILES string of the molecule is CC(NCC(O)c1ccccc1Cl)C(C)n1cccn1. The summed E-state index contributed by atoms with van der Waals surface area (Å²) in [7, 11) is 0. The van der Waals surface area contributed by atoms with Crippen LogP contribution in [0.15, 0.2) is 42.7 Å². The molecule has 1 heterocycles. The molecule has 5 heteroatoms. The molecule has 3 atom stereocenters. The van der Waals surface area contributed by atoms with Crippen LogP contribution in [-0.2, 0) is 0 Å². The van der Waals surface area contributed by atoms with Gasteiger partial charge in [0.1, 0.15) is 0 Å². The number of aliphatic hydroxyl groups is 1. The van der Waals surface area contributed by atoms with Crippen molar-refractivity contribution in [1.29, 1.82) is 0 Å². The molecule has 0 amide bonds. The lowest BCUT2D eigenvalue weighted by Crippen LogP contribution is -2.36. The highest BCUT2D eigenvalue weighted by Gasteiger charge is 2.16. The first kappa shape index (κ1) is 15.0. The highest BCUT2D eigenvalue weighted by molar-refractivity contribution is 6.31. The third-order valence-corrected chi connectivity index (χ3v) is 3.91. The zero-order valence-electron chi connectivity index (χ0n) is 11.7. The Bertz CT molecular complexity index is 530. The van der Waals surface area contributed by atoms with Gasteiger partial charge in [-0.15, -0.1) is 0 Å². The molecule has 0 bridgehead atoms. The van der Waals surface area contributed by atoms with Crippen LogP contribution in [0.25, 0.3) is 0 Å². The van der Waals surface area contributed by atoms with Crippen molar-refractivity contribution < 1.29 is 5.11 Å². The molecule has 4 nitrogen and oxygen atoms in total. The van der Waals surface area contributed by atoms with Crippen LogP contribution in [0.4, 0.5) is 0 Å². The Morgan fingerprint density at radius 3 is 2.70 bits per heavy atom. The Hall–Kier alpha value is -1.36. The number of rotatable bonds is 6. The molecule has 0 radical (unpaired) electrons. The average Bonchev–Trinajstić information content (AvgIpc) is 2.98. The van der Waals surface area contributed by atoms with Gasteiger partial charge < -0.3 is 10.4 Å². The summed E-state index contributed by atoms with van der Waals surface area (Å²) >= 11 is 6.08. The van der Waals surface area contributed by atoms with Gasteiger partial charge in [0, 0.05) is 35.6 Å². The van der Waals surface area contributed by atoms with Gasteiger partial charge in [-0.3, -0.25) is 4.68 Å². The van der Waals surface area contributed by atoms with Crippen molar-refractivity contribution in [1.82, 2.24) is 15.1 Å². The summed E-state index contributed by atoms with van der Waals surface area (Å²) in [5.74, 6) is 0. The Balaban J connectivity index is 1.90. The Labute approximate surface area is 124 Å². The van der Waals surface area contributed by atoms with Crippen molar-refractivity contribution >= 4 is 11.6 Å². The van der Waals surface area contributed by atoms with E-state index in [0.29, 0.717) is 11.6 Å². The molecule has 0 spiro atoms. The van der Waals surface area contributed by atoms with Crippen LogP contribution >= 0.6 is 11.6 Å². The van der Waals surface area contributed by atoms with E-state index in [1.165, 1.54) is 0 Å². The zero-order valence-corrected chi connectivity index (χ0v) is 12.5. The molecule has 0 aliphatic heterocycles. The second kappa shape index (κ2) is 6.88. The third-order valence-electron chi connectivity index (χ3n) is 3.56. The maximum absolute atomic E-state index is 10.2. The summed E-state index contributed by atoms with van der Waals surface area (Å²) in [5, 5.41) is 18.3. The quantitative estimate of drug-likeness (QED) is 0.861. The second-order valence-electron chi connectivity index (χ2n) is 4.96. The molecule has 108 valence electrons. The summed E-state index contributed by atoms with van der Waals surface area (Å²) in [6.45, 7) is 4.62. The first-order chi connectivity index (χ1) is 9.59. The first-order valence-electron chi connectivity index (χ1n) is 6.74. The molecule has 2 rings (SSSR count). The van der Waals surface area contributed by atoms with Crippen molar-refractivity contribution in [2.24, 2.45) is 0 Å². The molecule has 0 aliphatic rings. The summed E-state index contributed by atoms with van der Waals surface area (Å²) in [6.07, 6.45) is 3.09. The molecular formula is C15H20ClN3O. The number of nitrogens with one attached hydrogen (secondary N) is 1. The van der Waals surface area contributed by atoms with E-state index < -0.39 is 6.10 Å². The fourth-order valence-corrected chi connectivity index (χ4v) is 2.34. The molecule has 2 aromatic rings. The van der Waals surface area contributed by atoms with Gasteiger partial charge in [0.05, 0.1) is 12.1 Å². The minimum atomic E-state index is -0.615. The number of aliphatic hydroxyl groups excluding tert-OH is 1. The van der Waals surface area contributed by atoms with E-state index in [1.807, 2.05) is 35.1 Å². The molecule has 0 aliphatic carbocycles. The highest BCUT2D eigenvalue weighted by atomic mass is 35.5. The van der Waals surface area contributed by atoms with Gasteiger partial charge in [0.25, 0.3) is 0 Å². The monoisotopic (exact) mass is 293 g/mol. The summed E-state index contributed by atoms with van der Waals surface area (Å²) in [6, 6.07) is 9.67. The van der Waals surface area contributed by atoms with Gasteiger partial charge in [0.2, 0.25) is 0 Å². The average molecular weight is 294 g/mol. The highest BCUT2D eigenvalue weighted by Crippen LogP contribution is 2.22. The number of halogens is 1. The van der Waals surface area contributed by atoms with E-state index in [2.05, 4.69) is 24.3 Å². The Morgan fingerprint density at radius 2 is 2.05 bits per heavy atom. The molecule has 0 saturated carbocycles. The lowest BCUT2D eigenvalue weighted by molar-refractivity contribution is 0.166. The summed E-state index contributed by atoms with van der Waals surface area (Å²) in [4.78, 5) is 0. The lowest BCUT2D eigenvalue weighted by atomic mass is 10.1. The number of hydrogen-bond acceptors (Lipinski definition) is 3. The van der Waals surface area contributed by atoms with Crippen LogP contribution < -0.4 is 5.32 Å². The molecule has 0 saturated heterocycles. The van der Waals surface area contributed by atoms with Crippen LogP contribution in [0.1, 0.15) is 31.6 Å². The van der Waals surface area contributed by atoms with Crippen molar-refractivity contribution in [2.75, 3.05) is 6.54 Å². The second-order valence-corrected chi connectivity index (χ2v) is 5.37. The minimum Gasteiger partial charge on any atom is -0.387 e. The fraction of sp³-hybridized carbons (Fsp3) is 0.400. The molecule has 1 aromatic heterocycles. The number of aromatic nitrogens is 2. The summed E-state index contributed by atoms with van der Waals surface area (Å²) < 4.78 is 1.90. The van der Waals surface area contributed by atoms with Gasteiger partial charge in [-0.25, -0.2) is 0 Å². The first-order valence-corrected chi connectivity index (χ1v) is 7.12. The van der Waals surface area contributed by atoms with Crippen molar-refractivity contribution in [3.05, 3.63) is 53.3 Å².